The zero-order valence-corrected chi connectivity index (χ0v) is 10.6. The molecule has 2 aliphatic rings. The van der Waals surface area contributed by atoms with Crippen molar-refractivity contribution in [2.24, 2.45) is 16.7 Å². The van der Waals surface area contributed by atoms with E-state index < -0.39 is 5.97 Å². The van der Waals surface area contributed by atoms with Gasteiger partial charge in [-0.3, -0.25) is 4.79 Å². The topological polar surface area (TPSA) is 37.3 Å². The van der Waals surface area contributed by atoms with E-state index in [1.54, 1.807) is 11.8 Å². The lowest BCUT2D eigenvalue weighted by Crippen LogP contribution is -2.34. The summed E-state index contributed by atoms with van der Waals surface area (Å²) in [7, 11) is 0. The summed E-state index contributed by atoms with van der Waals surface area (Å²) in [6.07, 6.45) is 3.84. The van der Waals surface area contributed by atoms with Crippen molar-refractivity contribution in [3.63, 3.8) is 0 Å². The van der Waals surface area contributed by atoms with Crippen molar-refractivity contribution in [3.05, 3.63) is 0 Å². The van der Waals surface area contributed by atoms with Crippen molar-refractivity contribution in [3.8, 4) is 0 Å². The normalized spacial score (nSPS) is 42.1. The van der Waals surface area contributed by atoms with Crippen molar-refractivity contribution >= 4 is 17.7 Å². The standard InChI is InChI=1S/C12H20O2S/c1-11(2)8-4-5-12(11,3)9(6-8)15-7-10(13)14/h8-9H,4-7H2,1-3H3,(H,13,14)/t8?,9?,12-/m1/s1. The molecule has 0 aromatic rings. The van der Waals surface area contributed by atoms with Gasteiger partial charge in [-0.15, -0.1) is 11.8 Å². The second-order valence-corrected chi connectivity index (χ2v) is 6.99. The van der Waals surface area contributed by atoms with E-state index in [2.05, 4.69) is 20.8 Å². The minimum absolute atomic E-state index is 0.267. The third-order valence-corrected chi connectivity index (χ3v) is 6.65. The first-order chi connectivity index (χ1) is 6.88. The Morgan fingerprint density at radius 3 is 2.53 bits per heavy atom. The molecule has 0 aromatic carbocycles. The van der Waals surface area contributed by atoms with Crippen LogP contribution in [0.2, 0.25) is 0 Å². The summed E-state index contributed by atoms with van der Waals surface area (Å²) in [5.41, 5.74) is 0.765. The summed E-state index contributed by atoms with van der Waals surface area (Å²) in [6.45, 7) is 7.09. The van der Waals surface area contributed by atoms with Crippen LogP contribution in [0.25, 0.3) is 0 Å². The van der Waals surface area contributed by atoms with Crippen LogP contribution in [0.3, 0.4) is 0 Å². The van der Waals surface area contributed by atoms with E-state index >= 15 is 0 Å². The second-order valence-electron chi connectivity index (χ2n) is 5.80. The maximum Gasteiger partial charge on any atom is 0.313 e. The van der Waals surface area contributed by atoms with Gasteiger partial charge in [-0.25, -0.2) is 0 Å². The number of carboxylic acid groups (broad SMARTS) is 1. The predicted molar refractivity (Wildman–Crippen MR) is 63.1 cm³/mol. The Labute approximate surface area is 95.8 Å². The first-order valence-corrected chi connectivity index (χ1v) is 6.76. The van der Waals surface area contributed by atoms with Gasteiger partial charge < -0.3 is 5.11 Å². The zero-order valence-electron chi connectivity index (χ0n) is 9.75. The molecule has 2 saturated carbocycles. The minimum Gasteiger partial charge on any atom is -0.481 e. The lowest BCUT2D eigenvalue weighted by Gasteiger charge is -2.38. The van der Waals surface area contributed by atoms with E-state index in [-0.39, 0.29) is 5.75 Å². The molecule has 3 atom stereocenters. The number of hydrogen-bond acceptors (Lipinski definition) is 2. The van der Waals surface area contributed by atoms with Gasteiger partial charge in [0.2, 0.25) is 0 Å². The summed E-state index contributed by atoms with van der Waals surface area (Å²) in [4.78, 5) is 10.6. The Hall–Kier alpha value is -0.180. The van der Waals surface area contributed by atoms with Gasteiger partial charge >= 0.3 is 5.97 Å². The van der Waals surface area contributed by atoms with Gasteiger partial charge in [0.25, 0.3) is 0 Å². The van der Waals surface area contributed by atoms with Crippen LogP contribution in [0.4, 0.5) is 0 Å². The van der Waals surface area contributed by atoms with Crippen LogP contribution in [0.5, 0.6) is 0 Å². The molecule has 1 N–H and O–H groups in total. The maximum absolute atomic E-state index is 10.6. The molecule has 0 radical (unpaired) electrons. The van der Waals surface area contributed by atoms with E-state index in [0.29, 0.717) is 16.1 Å². The Morgan fingerprint density at radius 2 is 2.13 bits per heavy atom. The van der Waals surface area contributed by atoms with E-state index in [1.165, 1.54) is 19.3 Å². The van der Waals surface area contributed by atoms with E-state index in [0.717, 1.165) is 5.92 Å². The molecule has 2 aliphatic carbocycles. The highest BCUT2D eigenvalue weighted by Crippen LogP contribution is 2.68. The quantitative estimate of drug-likeness (QED) is 0.806. The third-order valence-electron chi connectivity index (χ3n) is 5.12. The Bertz CT molecular complexity index is 287. The first kappa shape index (κ1) is 11.3. The van der Waals surface area contributed by atoms with Gasteiger partial charge in [0.05, 0.1) is 5.75 Å². The summed E-state index contributed by atoms with van der Waals surface area (Å²) < 4.78 is 0. The van der Waals surface area contributed by atoms with E-state index in [1.807, 2.05) is 0 Å². The van der Waals surface area contributed by atoms with Crippen LogP contribution in [-0.4, -0.2) is 22.1 Å². The zero-order chi connectivity index (χ0) is 11.3. The number of fused-ring (bicyclic) bond motifs is 2. The van der Waals surface area contributed by atoms with Crippen molar-refractivity contribution in [1.29, 1.82) is 0 Å². The number of carboxylic acids is 1. The molecular weight excluding hydrogens is 208 g/mol. The summed E-state index contributed by atoms with van der Waals surface area (Å²) in [5, 5.41) is 9.29. The van der Waals surface area contributed by atoms with Crippen LogP contribution >= 0.6 is 11.8 Å². The molecule has 0 spiro atoms. The summed E-state index contributed by atoms with van der Waals surface area (Å²) in [5.74, 6) is 0.404. The van der Waals surface area contributed by atoms with Gasteiger partial charge in [-0.05, 0) is 36.0 Å². The fourth-order valence-electron chi connectivity index (χ4n) is 3.55. The number of rotatable bonds is 3. The van der Waals surface area contributed by atoms with Crippen LogP contribution in [-0.2, 0) is 4.79 Å². The highest BCUT2D eigenvalue weighted by atomic mass is 32.2. The fraction of sp³-hybridized carbons (Fsp3) is 0.917. The van der Waals surface area contributed by atoms with E-state index in [4.69, 9.17) is 5.11 Å². The molecule has 0 heterocycles. The average molecular weight is 228 g/mol. The smallest absolute Gasteiger partial charge is 0.313 e. The Kier molecular flexibility index (Phi) is 2.57. The number of carbonyl (C=O) groups is 1. The van der Waals surface area contributed by atoms with Gasteiger partial charge in [0.1, 0.15) is 0 Å². The molecule has 2 rings (SSSR count). The predicted octanol–water partition coefficient (Wildman–Crippen LogP) is 3.02. The third kappa shape index (κ3) is 1.50. The number of aliphatic carboxylic acids is 1. The van der Waals surface area contributed by atoms with Crippen LogP contribution < -0.4 is 0 Å². The maximum atomic E-state index is 10.6. The van der Waals surface area contributed by atoms with Crippen molar-refractivity contribution in [1.82, 2.24) is 0 Å². The molecule has 86 valence electrons. The largest absolute Gasteiger partial charge is 0.481 e. The lowest BCUT2D eigenvalue weighted by molar-refractivity contribution is -0.133. The van der Waals surface area contributed by atoms with Crippen LogP contribution in [0.1, 0.15) is 40.0 Å². The van der Waals surface area contributed by atoms with Gasteiger partial charge in [-0.2, -0.15) is 0 Å². The van der Waals surface area contributed by atoms with Crippen LogP contribution in [0, 0.1) is 16.7 Å². The SMILES string of the molecule is CC1(C)C2CC[C@]1(C)C(SCC(=O)O)C2. The molecule has 15 heavy (non-hydrogen) atoms. The van der Waals surface area contributed by atoms with Crippen molar-refractivity contribution in [2.45, 2.75) is 45.3 Å². The van der Waals surface area contributed by atoms with E-state index in [9.17, 15) is 4.79 Å². The summed E-state index contributed by atoms with van der Waals surface area (Å²) >= 11 is 1.66. The monoisotopic (exact) mass is 228 g/mol. The Morgan fingerprint density at radius 1 is 1.47 bits per heavy atom. The fourth-order valence-corrected chi connectivity index (χ4v) is 5.06. The van der Waals surface area contributed by atoms with Gasteiger partial charge in [0.15, 0.2) is 0 Å². The summed E-state index contributed by atoms with van der Waals surface area (Å²) in [6, 6.07) is 0. The molecule has 2 nitrogen and oxygen atoms in total. The molecular formula is C12H20O2S. The number of thioether (sulfide) groups is 1. The molecule has 0 aliphatic heterocycles. The average Bonchev–Trinajstić information content (AvgIpc) is 2.46. The Balaban J connectivity index is 2.09. The highest BCUT2D eigenvalue weighted by molar-refractivity contribution is 8.00. The molecule has 2 fully saturated rings. The molecule has 3 heteroatoms. The van der Waals surface area contributed by atoms with Crippen LogP contribution in [0.15, 0.2) is 0 Å². The molecule has 0 amide bonds. The second kappa shape index (κ2) is 3.41. The van der Waals surface area contributed by atoms with Gasteiger partial charge in [0, 0.05) is 5.25 Å². The lowest BCUT2D eigenvalue weighted by atomic mass is 9.71. The molecule has 2 unspecified atom stereocenters. The van der Waals surface area contributed by atoms with Crippen molar-refractivity contribution in [2.75, 3.05) is 5.75 Å². The van der Waals surface area contributed by atoms with Gasteiger partial charge in [-0.1, -0.05) is 20.8 Å². The number of hydrogen-bond donors (Lipinski definition) is 1. The molecule has 0 saturated heterocycles. The molecule has 0 aromatic heterocycles. The first-order valence-electron chi connectivity index (χ1n) is 5.71. The molecule has 2 bridgehead atoms. The van der Waals surface area contributed by atoms with Crippen molar-refractivity contribution < 1.29 is 9.90 Å². The minimum atomic E-state index is -0.677. The highest BCUT2D eigenvalue weighted by Gasteiger charge is 2.61.